The van der Waals surface area contributed by atoms with Crippen molar-refractivity contribution in [1.29, 1.82) is 0 Å². The summed E-state index contributed by atoms with van der Waals surface area (Å²) in [6, 6.07) is 18.6. The molecule has 1 N–H and O–H groups in total. The fourth-order valence-electron chi connectivity index (χ4n) is 4.18. The van der Waals surface area contributed by atoms with Crippen molar-refractivity contribution in [1.82, 2.24) is 4.90 Å². The number of aliphatic carboxylic acids is 1. The van der Waals surface area contributed by atoms with Gasteiger partial charge in [0.2, 0.25) is 0 Å². The van der Waals surface area contributed by atoms with Gasteiger partial charge < -0.3 is 19.5 Å². The Labute approximate surface area is 186 Å². The number of carboxylic acid groups (broad SMARTS) is 1. The molecule has 1 heterocycles. The molecule has 1 aliphatic rings. The maximum Gasteiger partial charge on any atom is 0.303 e. The summed E-state index contributed by atoms with van der Waals surface area (Å²) < 4.78 is 12.0. The first-order valence-corrected chi connectivity index (χ1v) is 11.4. The summed E-state index contributed by atoms with van der Waals surface area (Å²) >= 11 is 0. The number of ether oxygens (including phenoxy) is 2. The van der Waals surface area contributed by atoms with Crippen LogP contribution in [0.3, 0.4) is 0 Å². The summed E-state index contributed by atoms with van der Waals surface area (Å²) in [5.41, 5.74) is 2.33. The minimum absolute atomic E-state index is 0.0714. The molecule has 1 unspecified atom stereocenters. The first-order chi connectivity index (χ1) is 15.2. The molecule has 0 saturated carbocycles. The molecule has 0 aromatic heterocycles. The van der Waals surface area contributed by atoms with Crippen LogP contribution < -0.4 is 4.74 Å². The van der Waals surface area contributed by atoms with Crippen LogP contribution in [0.25, 0.3) is 0 Å². The Morgan fingerprint density at radius 3 is 2.26 bits per heavy atom. The number of hydrogen-bond donors (Lipinski definition) is 1. The average Bonchev–Trinajstić information content (AvgIpc) is 2.81. The molecule has 1 saturated heterocycles. The second-order valence-electron chi connectivity index (χ2n) is 8.30. The van der Waals surface area contributed by atoms with E-state index >= 15 is 0 Å². The molecular weight excluding hydrogens is 390 g/mol. The van der Waals surface area contributed by atoms with Gasteiger partial charge >= 0.3 is 5.97 Å². The van der Waals surface area contributed by atoms with Crippen LogP contribution in [0.5, 0.6) is 5.75 Å². The Morgan fingerprint density at radius 1 is 0.968 bits per heavy atom. The topological polar surface area (TPSA) is 59.0 Å². The second kappa shape index (κ2) is 12.5. The van der Waals surface area contributed by atoms with E-state index in [9.17, 15) is 4.79 Å². The molecule has 5 nitrogen and oxygen atoms in total. The predicted octanol–water partition coefficient (Wildman–Crippen LogP) is 5.30. The third-order valence-electron chi connectivity index (χ3n) is 6.00. The molecule has 0 aliphatic carbocycles. The van der Waals surface area contributed by atoms with Crippen LogP contribution in [0, 0.1) is 0 Å². The van der Waals surface area contributed by atoms with E-state index in [4.69, 9.17) is 14.6 Å². The summed E-state index contributed by atoms with van der Waals surface area (Å²) in [6.45, 7) is 3.22. The SMILES string of the molecule is COc1ccc(C(OC2CCN(CCCCCCC(=O)O)CC2)c2ccccc2)cc1. The van der Waals surface area contributed by atoms with Gasteiger partial charge in [0.05, 0.1) is 13.2 Å². The molecule has 0 bridgehead atoms. The fourth-order valence-corrected chi connectivity index (χ4v) is 4.18. The van der Waals surface area contributed by atoms with Crippen LogP contribution in [0.2, 0.25) is 0 Å². The van der Waals surface area contributed by atoms with Gasteiger partial charge in [-0.1, -0.05) is 55.3 Å². The highest BCUT2D eigenvalue weighted by atomic mass is 16.5. The monoisotopic (exact) mass is 425 g/mol. The van der Waals surface area contributed by atoms with Crippen molar-refractivity contribution < 1.29 is 19.4 Å². The lowest BCUT2D eigenvalue weighted by molar-refractivity contribution is -0.137. The molecule has 0 amide bonds. The Morgan fingerprint density at radius 2 is 1.61 bits per heavy atom. The van der Waals surface area contributed by atoms with E-state index in [2.05, 4.69) is 41.3 Å². The third-order valence-corrected chi connectivity index (χ3v) is 6.00. The van der Waals surface area contributed by atoms with Crippen molar-refractivity contribution in [2.45, 2.75) is 57.2 Å². The lowest BCUT2D eigenvalue weighted by Gasteiger charge is -2.34. The van der Waals surface area contributed by atoms with Crippen LogP contribution in [-0.2, 0) is 9.53 Å². The van der Waals surface area contributed by atoms with Crippen LogP contribution in [0.15, 0.2) is 54.6 Å². The number of piperidine rings is 1. The summed E-state index contributed by atoms with van der Waals surface area (Å²) in [5, 5.41) is 8.70. The number of nitrogens with zero attached hydrogens (tertiary/aromatic N) is 1. The van der Waals surface area contributed by atoms with Crippen molar-refractivity contribution >= 4 is 5.97 Å². The average molecular weight is 426 g/mol. The second-order valence-corrected chi connectivity index (χ2v) is 8.30. The van der Waals surface area contributed by atoms with Crippen molar-refractivity contribution in [3.8, 4) is 5.75 Å². The van der Waals surface area contributed by atoms with Gasteiger partial charge in [0.25, 0.3) is 0 Å². The minimum atomic E-state index is -0.689. The highest BCUT2D eigenvalue weighted by Gasteiger charge is 2.24. The standard InChI is InChI=1S/C26H35NO4/c1-30-23-14-12-22(13-15-23)26(21-9-5-4-6-10-21)31-24-16-19-27(20-17-24)18-8-3-2-7-11-25(28)29/h4-6,9-10,12-15,24,26H,2-3,7-8,11,16-20H2,1H3,(H,28,29). The van der Waals surface area contributed by atoms with Gasteiger partial charge in [0, 0.05) is 19.5 Å². The van der Waals surface area contributed by atoms with E-state index in [0.717, 1.165) is 69.5 Å². The van der Waals surface area contributed by atoms with E-state index in [1.807, 2.05) is 18.2 Å². The number of carbonyl (C=O) groups is 1. The quantitative estimate of drug-likeness (QED) is 0.468. The summed E-state index contributed by atoms with van der Waals surface area (Å²) in [5.74, 6) is 0.164. The van der Waals surface area contributed by atoms with Gasteiger partial charge in [0.1, 0.15) is 11.9 Å². The van der Waals surface area contributed by atoms with Crippen LogP contribution in [-0.4, -0.2) is 48.8 Å². The van der Waals surface area contributed by atoms with Gasteiger partial charge in [0.15, 0.2) is 0 Å². The number of hydrogen-bond acceptors (Lipinski definition) is 4. The number of unbranched alkanes of at least 4 members (excludes halogenated alkanes) is 3. The number of carboxylic acids is 1. The van der Waals surface area contributed by atoms with E-state index in [1.165, 1.54) is 5.56 Å². The van der Waals surface area contributed by atoms with Gasteiger partial charge in [-0.15, -0.1) is 0 Å². The van der Waals surface area contributed by atoms with Crippen molar-refractivity contribution in [3.05, 3.63) is 65.7 Å². The molecule has 2 aromatic carbocycles. The number of likely N-dealkylation sites (tertiary alicyclic amines) is 1. The van der Waals surface area contributed by atoms with Crippen LogP contribution in [0.4, 0.5) is 0 Å². The van der Waals surface area contributed by atoms with Crippen molar-refractivity contribution in [3.63, 3.8) is 0 Å². The first-order valence-electron chi connectivity index (χ1n) is 11.4. The predicted molar refractivity (Wildman–Crippen MR) is 123 cm³/mol. The molecule has 168 valence electrons. The lowest BCUT2D eigenvalue weighted by Crippen LogP contribution is -2.38. The molecule has 1 atom stereocenters. The molecule has 1 aliphatic heterocycles. The first kappa shape index (κ1) is 23.3. The van der Waals surface area contributed by atoms with Crippen LogP contribution in [0.1, 0.15) is 62.2 Å². The van der Waals surface area contributed by atoms with E-state index in [1.54, 1.807) is 7.11 Å². The van der Waals surface area contributed by atoms with Gasteiger partial charge in [-0.05, 0) is 55.5 Å². The Kier molecular flexibility index (Phi) is 9.38. The van der Waals surface area contributed by atoms with Gasteiger partial charge in [-0.2, -0.15) is 0 Å². The molecule has 5 heteroatoms. The smallest absolute Gasteiger partial charge is 0.303 e. The molecule has 0 radical (unpaired) electrons. The summed E-state index contributed by atoms with van der Waals surface area (Å²) in [7, 11) is 1.68. The maximum atomic E-state index is 10.6. The molecule has 2 aromatic rings. The zero-order valence-electron chi connectivity index (χ0n) is 18.5. The highest BCUT2D eigenvalue weighted by Crippen LogP contribution is 2.31. The normalized spacial score (nSPS) is 16.2. The number of methoxy groups -OCH3 is 1. The maximum absolute atomic E-state index is 10.6. The van der Waals surface area contributed by atoms with Gasteiger partial charge in [-0.3, -0.25) is 4.79 Å². The fraction of sp³-hybridized carbons (Fsp3) is 0.500. The van der Waals surface area contributed by atoms with Crippen molar-refractivity contribution in [2.24, 2.45) is 0 Å². The summed E-state index contributed by atoms with van der Waals surface area (Å²) in [4.78, 5) is 13.1. The number of benzene rings is 2. The Balaban J connectivity index is 1.48. The largest absolute Gasteiger partial charge is 0.497 e. The number of rotatable bonds is 12. The molecular formula is C26H35NO4. The molecule has 31 heavy (non-hydrogen) atoms. The zero-order valence-corrected chi connectivity index (χ0v) is 18.5. The van der Waals surface area contributed by atoms with E-state index in [-0.39, 0.29) is 12.2 Å². The van der Waals surface area contributed by atoms with Crippen LogP contribution >= 0.6 is 0 Å². The third kappa shape index (κ3) is 7.67. The Bertz CT molecular complexity index is 770. The van der Waals surface area contributed by atoms with Gasteiger partial charge in [-0.25, -0.2) is 0 Å². The molecule has 1 fully saturated rings. The molecule has 3 rings (SSSR count). The zero-order chi connectivity index (χ0) is 21.9. The van der Waals surface area contributed by atoms with Crippen molar-refractivity contribution in [2.75, 3.05) is 26.7 Å². The summed E-state index contributed by atoms with van der Waals surface area (Å²) in [6.07, 6.45) is 6.60. The lowest BCUT2D eigenvalue weighted by atomic mass is 10.00. The van der Waals surface area contributed by atoms with E-state index in [0.29, 0.717) is 6.42 Å². The Hall–Kier alpha value is -2.37. The highest BCUT2D eigenvalue weighted by molar-refractivity contribution is 5.66. The minimum Gasteiger partial charge on any atom is -0.497 e. The molecule has 0 spiro atoms. The van der Waals surface area contributed by atoms with E-state index < -0.39 is 5.97 Å².